The summed E-state index contributed by atoms with van der Waals surface area (Å²) in [7, 11) is 0. The average Bonchev–Trinajstić information content (AvgIpc) is 3.20. The van der Waals surface area contributed by atoms with Crippen molar-refractivity contribution in [2.75, 3.05) is 5.32 Å². The van der Waals surface area contributed by atoms with Crippen molar-refractivity contribution in [1.29, 1.82) is 0 Å². The van der Waals surface area contributed by atoms with Gasteiger partial charge in [-0.3, -0.25) is 10.00 Å². The molecule has 2 atom stereocenters. The van der Waals surface area contributed by atoms with E-state index in [1.165, 1.54) is 0 Å². The number of aliphatic hydroxyl groups excluding tert-OH is 1. The molecule has 0 bridgehead atoms. The van der Waals surface area contributed by atoms with Crippen LogP contribution in [0.3, 0.4) is 0 Å². The standard InChI is InChI=1S/C20H20N4O2/c25-17-12-15-8-4-5-9-16(15)19(17)22-20(26)21-18-10-11-24(23-18)13-14-6-2-1-3-7-14/h1-11,17,19,25H,12-13H2,(H2,21,22,23,26)/t17-,19+/m1/s1. The first-order chi connectivity index (χ1) is 12.7. The maximum absolute atomic E-state index is 12.3. The highest BCUT2D eigenvalue weighted by molar-refractivity contribution is 5.88. The fraction of sp³-hybridized carbons (Fsp3) is 0.200. The van der Waals surface area contributed by atoms with E-state index in [2.05, 4.69) is 15.7 Å². The second-order valence-corrected chi connectivity index (χ2v) is 6.43. The molecule has 4 rings (SSSR count). The molecule has 26 heavy (non-hydrogen) atoms. The van der Waals surface area contributed by atoms with E-state index in [-0.39, 0.29) is 6.03 Å². The number of nitrogens with one attached hydrogen (secondary N) is 2. The molecular formula is C20H20N4O2. The zero-order chi connectivity index (χ0) is 17.9. The van der Waals surface area contributed by atoms with Crippen LogP contribution >= 0.6 is 0 Å². The lowest BCUT2D eigenvalue weighted by atomic mass is 10.1. The van der Waals surface area contributed by atoms with Gasteiger partial charge in [0.2, 0.25) is 0 Å². The van der Waals surface area contributed by atoms with Gasteiger partial charge in [-0.1, -0.05) is 54.6 Å². The summed E-state index contributed by atoms with van der Waals surface area (Å²) in [6, 6.07) is 18.7. The van der Waals surface area contributed by atoms with Gasteiger partial charge in [-0.15, -0.1) is 0 Å². The highest BCUT2D eigenvalue weighted by atomic mass is 16.3. The summed E-state index contributed by atoms with van der Waals surface area (Å²) in [5.74, 6) is 0.471. The Kier molecular flexibility index (Phi) is 4.41. The van der Waals surface area contributed by atoms with Gasteiger partial charge in [-0.25, -0.2) is 4.79 Å². The maximum Gasteiger partial charge on any atom is 0.321 e. The molecule has 0 fully saturated rings. The van der Waals surface area contributed by atoms with E-state index in [0.29, 0.717) is 18.8 Å². The number of carbonyl (C=O) groups excluding carboxylic acids is 1. The first-order valence-electron chi connectivity index (χ1n) is 8.60. The SMILES string of the molecule is O=C(Nc1ccn(Cc2ccccc2)n1)N[C@H]1c2ccccc2C[C@H]1O. The molecule has 1 aromatic heterocycles. The Labute approximate surface area is 151 Å². The van der Waals surface area contributed by atoms with Crippen molar-refractivity contribution in [3.05, 3.63) is 83.6 Å². The van der Waals surface area contributed by atoms with Crippen molar-refractivity contribution in [2.45, 2.75) is 25.1 Å². The van der Waals surface area contributed by atoms with Crippen LogP contribution in [0.2, 0.25) is 0 Å². The minimum atomic E-state index is -0.617. The van der Waals surface area contributed by atoms with Crippen LogP contribution in [0.4, 0.5) is 10.6 Å². The highest BCUT2D eigenvalue weighted by Crippen LogP contribution is 2.31. The number of nitrogens with zero attached hydrogens (tertiary/aromatic N) is 2. The van der Waals surface area contributed by atoms with Crippen molar-refractivity contribution in [1.82, 2.24) is 15.1 Å². The van der Waals surface area contributed by atoms with Crippen molar-refractivity contribution < 1.29 is 9.90 Å². The van der Waals surface area contributed by atoms with Crippen LogP contribution in [0.1, 0.15) is 22.7 Å². The lowest BCUT2D eigenvalue weighted by molar-refractivity contribution is 0.144. The Morgan fingerprint density at radius 1 is 1.12 bits per heavy atom. The van der Waals surface area contributed by atoms with E-state index in [9.17, 15) is 9.90 Å². The number of aliphatic hydroxyl groups is 1. The number of urea groups is 1. The lowest BCUT2D eigenvalue weighted by Crippen LogP contribution is -2.36. The molecule has 0 radical (unpaired) electrons. The zero-order valence-electron chi connectivity index (χ0n) is 14.2. The van der Waals surface area contributed by atoms with Gasteiger partial charge in [0.15, 0.2) is 5.82 Å². The normalized spacial score (nSPS) is 18.3. The largest absolute Gasteiger partial charge is 0.390 e. The molecule has 1 aliphatic carbocycles. The van der Waals surface area contributed by atoms with Crippen LogP contribution in [-0.4, -0.2) is 27.0 Å². The van der Waals surface area contributed by atoms with E-state index >= 15 is 0 Å². The number of fused-ring (bicyclic) bond motifs is 1. The fourth-order valence-corrected chi connectivity index (χ4v) is 3.33. The summed E-state index contributed by atoms with van der Waals surface area (Å²) in [4.78, 5) is 12.3. The predicted octanol–water partition coefficient (Wildman–Crippen LogP) is 2.71. The van der Waals surface area contributed by atoms with Crippen LogP contribution in [0.15, 0.2) is 66.9 Å². The predicted molar refractivity (Wildman–Crippen MR) is 98.8 cm³/mol. The number of amides is 2. The molecule has 6 nitrogen and oxygen atoms in total. The second kappa shape index (κ2) is 7.01. The van der Waals surface area contributed by atoms with Gasteiger partial charge in [-0.2, -0.15) is 5.10 Å². The Morgan fingerprint density at radius 3 is 2.73 bits per heavy atom. The molecule has 2 aromatic carbocycles. The first-order valence-corrected chi connectivity index (χ1v) is 8.60. The molecule has 1 aliphatic rings. The van der Waals surface area contributed by atoms with Gasteiger partial charge in [0.05, 0.1) is 18.7 Å². The third kappa shape index (κ3) is 3.45. The second-order valence-electron chi connectivity index (χ2n) is 6.43. The minimum Gasteiger partial charge on any atom is -0.390 e. The summed E-state index contributed by atoms with van der Waals surface area (Å²) in [5.41, 5.74) is 3.17. The Morgan fingerprint density at radius 2 is 1.88 bits per heavy atom. The van der Waals surface area contributed by atoms with Crippen molar-refractivity contribution in [3.8, 4) is 0 Å². The van der Waals surface area contributed by atoms with Gasteiger partial charge in [0.25, 0.3) is 0 Å². The number of hydrogen-bond acceptors (Lipinski definition) is 3. The average molecular weight is 348 g/mol. The lowest BCUT2D eigenvalue weighted by Gasteiger charge is -2.17. The Balaban J connectivity index is 1.38. The zero-order valence-corrected chi connectivity index (χ0v) is 14.2. The van der Waals surface area contributed by atoms with E-state index < -0.39 is 12.1 Å². The highest BCUT2D eigenvalue weighted by Gasteiger charge is 2.31. The van der Waals surface area contributed by atoms with Crippen LogP contribution in [0, 0.1) is 0 Å². The number of carbonyl (C=O) groups is 1. The van der Waals surface area contributed by atoms with E-state index in [1.807, 2.05) is 60.8 Å². The van der Waals surface area contributed by atoms with Crippen LogP contribution in [0.5, 0.6) is 0 Å². The van der Waals surface area contributed by atoms with Gasteiger partial charge in [0.1, 0.15) is 0 Å². The molecule has 6 heteroatoms. The molecular weight excluding hydrogens is 328 g/mol. The fourth-order valence-electron chi connectivity index (χ4n) is 3.33. The molecule has 3 aromatic rings. The quantitative estimate of drug-likeness (QED) is 0.678. The molecule has 0 unspecified atom stereocenters. The molecule has 1 heterocycles. The van der Waals surface area contributed by atoms with Gasteiger partial charge >= 0.3 is 6.03 Å². The van der Waals surface area contributed by atoms with E-state index in [1.54, 1.807) is 10.7 Å². The number of hydrogen-bond donors (Lipinski definition) is 3. The van der Waals surface area contributed by atoms with E-state index in [0.717, 1.165) is 16.7 Å². The first kappa shape index (κ1) is 16.4. The van der Waals surface area contributed by atoms with Gasteiger partial charge < -0.3 is 10.4 Å². The van der Waals surface area contributed by atoms with Gasteiger partial charge in [0, 0.05) is 18.7 Å². The third-order valence-electron chi connectivity index (χ3n) is 4.56. The third-order valence-corrected chi connectivity index (χ3v) is 4.56. The molecule has 3 N–H and O–H groups in total. The van der Waals surface area contributed by atoms with Crippen molar-refractivity contribution in [3.63, 3.8) is 0 Å². The molecule has 132 valence electrons. The minimum absolute atomic E-state index is 0.379. The smallest absolute Gasteiger partial charge is 0.321 e. The number of aromatic nitrogens is 2. The van der Waals surface area contributed by atoms with Gasteiger partial charge in [-0.05, 0) is 16.7 Å². The van der Waals surface area contributed by atoms with Crippen LogP contribution in [-0.2, 0) is 13.0 Å². The van der Waals surface area contributed by atoms with Crippen LogP contribution in [0.25, 0.3) is 0 Å². The molecule has 0 spiro atoms. The topological polar surface area (TPSA) is 79.2 Å². The number of anilines is 1. The monoisotopic (exact) mass is 348 g/mol. The summed E-state index contributed by atoms with van der Waals surface area (Å²) >= 11 is 0. The Hall–Kier alpha value is -3.12. The maximum atomic E-state index is 12.3. The summed E-state index contributed by atoms with van der Waals surface area (Å²) < 4.78 is 1.77. The summed E-state index contributed by atoms with van der Waals surface area (Å²) in [6.07, 6.45) is 1.75. The molecule has 0 aliphatic heterocycles. The Bertz CT molecular complexity index is 907. The molecule has 0 saturated carbocycles. The molecule has 2 amide bonds. The number of benzene rings is 2. The summed E-state index contributed by atoms with van der Waals surface area (Å²) in [6.45, 7) is 0.638. The van der Waals surface area contributed by atoms with E-state index in [4.69, 9.17) is 0 Å². The van der Waals surface area contributed by atoms with Crippen molar-refractivity contribution in [2.24, 2.45) is 0 Å². The number of rotatable bonds is 4. The van der Waals surface area contributed by atoms with Crippen molar-refractivity contribution >= 4 is 11.8 Å². The molecule has 0 saturated heterocycles. The summed E-state index contributed by atoms with van der Waals surface area (Å²) in [5, 5.41) is 20.2. The van der Waals surface area contributed by atoms with Crippen LogP contribution < -0.4 is 10.6 Å².